The fraction of sp³-hybridized carbons (Fsp3) is 0. The van der Waals surface area contributed by atoms with Crippen molar-refractivity contribution in [1.29, 1.82) is 0 Å². The van der Waals surface area contributed by atoms with Gasteiger partial charge in [-0.15, -0.1) is 0 Å². The normalized spacial score (nSPS) is 11.0. The van der Waals surface area contributed by atoms with Gasteiger partial charge in [-0.25, -0.2) is 4.79 Å². The van der Waals surface area contributed by atoms with Gasteiger partial charge in [0.15, 0.2) is 5.82 Å². The van der Waals surface area contributed by atoms with Crippen LogP contribution in [0.15, 0.2) is 57.9 Å². The van der Waals surface area contributed by atoms with Gasteiger partial charge in [-0.1, -0.05) is 40.5 Å². The molecule has 0 saturated carbocycles. The number of nitrogens with zero attached hydrogens (tertiary/aromatic N) is 1. The highest BCUT2D eigenvalue weighted by molar-refractivity contribution is 6.34. The fourth-order valence-electron chi connectivity index (χ4n) is 2.09. The van der Waals surface area contributed by atoms with Crippen molar-refractivity contribution in [3.63, 3.8) is 0 Å². The molecule has 0 bridgehead atoms. The lowest BCUT2D eigenvalue weighted by Crippen LogP contribution is -2.07. The van der Waals surface area contributed by atoms with Crippen LogP contribution in [0, 0.1) is 0 Å². The van der Waals surface area contributed by atoms with Crippen LogP contribution in [0.4, 0.5) is 5.69 Å². The van der Waals surface area contributed by atoms with Crippen LogP contribution in [0.3, 0.4) is 0 Å². The van der Waals surface area contributed by atoms with E-state index in [1.807, 2.05) is 0 Å². The Labute approximate surface area is 152 Å². The van der Waals surface area contributed by atoms with Crippen LogP contribution >= 0.6 is 23.2 Å². The largest absolute Gasteiger partial charge is 0.439 e. The minimum Gasteiger partial charge on any atom is -0.322 e. The molecule has 0 aliphatic rings. The van der Waals surface area contributed by atoms with Gasteiger partial charge >= 0.3 is 5.76 Å². The summed E-state index contributed by atoms with van der Waals surface area (Å²) in [6, 6.07) is 11.8. The summed E-state index contributed by atoms with van der Waals surface area (Å²) in [6.07, 6.45) is 2.92. The number of H-pyrrole nitrogens is 1. The van der Waals surface area contributed by atoms with Crippen LogP contribution in [0.5, 0.6) is 0 Å². The topological polar surface area (TPSA) is 88.0 Å². The van der Waals surface area contributed by atoms with Crippen molar-refractivity contribution < 1.29 is 9.32 Å². The highest BCUT2D eigenvalue weighted by Gasteiger charge is 2.06. The molecule has 1 aromatic heterocycles. The number of halogens is 2. The highest BCUT2D eigenvalue weighted by Crippen LogP contribution is 2.22. The predicted octanol–water partition coefficient (Wildman–Crippen LogP) is 3.99. The standard InChI is InChI=1S/C17H11Cl2N3O3/c18-12-5-6-14(19)10(8-12)4-7-15(23)20-13-3-1-2-11(9-13)16-21-17(24)25-22-16/h1-9H,(H,20,23)(H,21,22,24)/b7-4+. The maximum absolute atomic E-state index is 12.1. The van der Waals surface area contributed by atoms with Gasteiger partial charge < -0.3 is 5.32 Å². The van der Waals surface area contributed by atoms with Crippen molar-refractivity contribution in [3.05, 3.63) is 74.7 Å². The van der Waals surface area contributed by atoms with E-state index < -0.39 is 5.76 Å². The molecule has 0 aliphatic carbocycles. The number of benzene rings is 2. The molecule has 126 valence electrons. The lowest BCUT2D eigenvalue weighted by atomic mass is 10.2. The minimum atomic E-state index is -0.647. The molecule has 3 rings (SSSR count). The Balaban J connectivity index is 1.74. The van der Waals surface area contributed by atoms with Crippen LogP contribution in [-0.4, -0.2) is 16.0 Å². The molecule has 0 saturated heterocycles. The predicted molar refractivity (Wildman–Crippen MR) is 96.7 cm³/mol. The molecular weight excluding hydrogens is 365 g/mol. The van der Waals surface area contributed by atoms with Gasteiger partial charge in [0.05, 0.1) is 0 Å². The zero-order chi connectivity index (χ0) is 17.8. The molecule has 25 heavy (non-hydrogen) atoms. The van der Waals surface area contributed by atoms with Gasteiger partial charge in [-0.05, 0) is 42.0 Å². The quantitative estimate of drug-likeness (QED) is 0.674. The van der Waals surface area contributed by atoms with E-state index in [0.717, 1.165) is 0 Å². The van der Waals surface area contributed by atoms with Crippen LogP contribution in [0.2, 0.25) is 10.0 Å². The third-order valence-electron chi connectivity index (χ3n) is 3.22. The van der Waals surface area contributed by atoms with Crippen LogP contribution in [-0.2, 0) is 4.79 Å². The molecule has 3 aromatic rings. The summed E-state index contributed by atoms with van der Waals surface area (Å²) in [5.74, 6) is -0.713. The third kappa shape index (κ3) is 4.37. The molecule has 2 N–H and O–H groups in total. The van der Waals surface area contributed by atoms with Gasteiger partial charge in [0.1, 0.15) is 0 Å². The van der Waals surface area contributed by atoms with Gasteiger partial charge in [-0.2, -0.15) is 0 Å². The molecule has 6 nitrogen and oxygen atoms in total. The monoisotopic (exact) mass is 375 g/mol. The minimum absolute atomic E-state index is 0.280. The number of amides is 1. The molecule has 0 radical (unpaired) electrons. The number of hydrogen-bond donors (Lipinski definition) is 2. The number of nitrogens with one attached hydrogen (secondary N) is 2. The summed E-state index contributed by atoms with van der Waals surface area (Å²) >= 11 is 12.0. The van der Waals surface area contributed by atoms with E-state index >= 15 is 0 Å². The lowest BCUT2D eigenvalue weighted by Gasteiger charge is -2.04. The fourth-order valence-corrected chi connectivity index (χ4v) is 2.45. The summed E-state index contributed by atoms with van der Waals surface area (Å²) < 4.78 is 4.47. The van der Waals surface area contributed by atoms with E-state index in [4.69, 9.17) is 23.2 Å². The van der Waals surface area contributed by atoms with Crippen molar-refractivity contribution in [2.45, 2.75) is 0 Å². The molecule has 0 unspecified atom stereocenters. The Morgan fingerprint density at radius 3 is 2.80 bits per heavy atom. The molecule has 0 atom stereocenters. The first-order valence-corrected chi connectivity index (χ1v) is 7.87. The Morgan fingerprint density at radius 1 is 1.20 bits per heavy atom. The second-order valence-corrected chi connectivity index (χ2v) is 5.86. The second kappa shape index (κ2) is 7.38. The van der Waals surface area contributed by atoms with Crippen molar-refractivity contribution in [1.82, 2.24) is 10.1 Å². The zero-order valence-corrected chi connectivity index (χ0v) is 14.1. The Bertz CT molecular complexity index is 1010. The van der Waals surface area contributed by atoms with Gasteiger partial charge in [0.25, 0.3) is 0 Å². The molecule has 0 aliphatic heterocycles. The lowest BCUT2D eigenvalue weighted by molar-refractivity contribution is -0.111. The molecule has 1 amide bonds. The van der Waals surface area contributed by atoms with Crippen molar-refractivity contribution >= 4 is 40.9 Å². The van der Waals surface area contributed by atoms with Crippen molar-refractivity contribution in [3.8, 4) is 11.4 Å². The van der Waals surface area contributed by atoms with E-state index in [1.165, 1.54) is 6.08 Å². The Kier molecular flexibility index (Phi) is 5.02. The number of anilines is 1. The van der Waals surface area contributed by atoms with Gasteiger partial charge in [0.2, 0.25) is 5.91 Å². The maximum Gasteiger partial charge on any atom is 0.439 e. The van der Waals surface area contributed by atoms with E-state index in [1.54, 1.807) is 48.5 Å². The second-order valence-electron chi connectivity index (χ2n) is 5.01. The maximum atomic E-state index is 12.1. The number of aromatic nitrogens is 2. The van der Waals surface area contributed by atoms with E-state index in [0.29, 0.717) is 26.9 Å². The van der Waals surface area contributed by atoms with Crippen LogP contribution in [0.25, 0.3) is 17.5 Å². The van der Waals surface area contributed by atoms with Gasteiger partial charge in [0, 0.05) is 27.4 Å². The summed E-state index contributed by atoms with van der Waals surface area (Å²) in [6.45, 7) is 0. The molecule has 0 spiro atoms. The molecule has 0 fully saturated rings. The first-order chi connectivity index (χ1) is 12.0. The molecule has 1 heterocycles. The first-order valence-electron chi connectivity index (χ1n) is 7.12. The van der Waals surface area contributed by atoms with Crippen molar-refractivity contribution in [2.24, 2.45) is 0 Å². The smallest absolute Gasteiger partial charge is 0.322 e. The third-order valence-corrected chi connectivity index (χ3v) is 3.80. The summed E-state index contributed by atoms with van der Waals surface area (Å²) in [7, 11) is 0. The van der Waals surface area contributed by atoms with E-state index in [2.05, 4.69) is 20.0 Å². The van der Waals surface area contributed by atoms with Crippen molar-refractivity contribution in [2.75, 3.05) is 5.32 Å². The Hall–Kier alpha value is -2.83. The summed E-state index contributed by atoms with van der Waals surface area (Å²) in [5, 5.41) is 7.33. The molecule has 2 aromatic carbocycles. The number of rotatable bonds is 4. The number of carbonyl (C=O) groups is 1. The van der Waals surface area contributed by atoms with E-state index in [9.17, 15) is 9.59 Å². The van der Waals surface area contributed by atoms with E-state index in [-0.39, 0.29) is 11.7 Å². The zero-order valence-electron chi connectivity index (χ0n) is 12.6. The SMILES string of the molecule is O=C(/C=C/c1cc(Cl)ccc1Cl)Nc1cccc(-c2noc(=O)[nH]2)c1. The van der Waals surface area contributed by atoms with Crippen LogP contribution < -0.4 is 11.1 Å². The summed E-state index contributed by atoms with van der Waals surface area (Å²) in [4.78, 5) is 25.5. The highest BCUT2D eigenvalue weighted by atomic mass is 35.5. The number of carbonyl (C=O) groups excluding carboxylic acids is 1. The average molecular weight is 376 g/mol. The first kappa shape index (κ1) is 17.0. The average Bonchev–Trinajstić information content (AvgIpc) is 3.02. The summed E-state index contributed by atoms with van der Waals surface area (Å²) in [5.41, 5.74) is 1.77. The molecular formula is C17H11Cl2N3O3. The molecule has 8 heteroatoms. The van der Waals surface area contributed by atoms with Crippen LogP contribution in [0.1, 0.15) is 5.56 Å². The number of aromatic amines is 1. The number of hydrogen-bond acceptors (Lipinski definition) is 4. The van der Waals surface area contributed by atoms with Gasteiger partial charge in [-0.3, -0.25) is 14.3 Å². The Morgan fingerprint density at radius 2 is 2.04 bits per heavy atom.